The van der Waals surface area contributed by atoms with Gasteiger partial charge in [-0.15, -0.1) is 11.3 Å². The van der Waals surface area contributed by atoms with Gasteiger partial charge in [0.15, 0.2) is 0 Å². The van der Waals surface area contributed by atoms with Crippen molar-refractivity contribution < 1.29 is 9.32 Å². The molecular weight excluding hydrogens is 336 g/mol. The van der Waals surface area contributed by atoms with Crippen molar-refractivity contribution in [2.24, 2.45) is 5.73 Å². The molecule has 1 atom stereocenters. The molecule has 0 aliphatic carbocycles. The second-order valence-corrected chi connectivity index (χ2v) is 6.61. The van der Waals surface area contributed by atoms with Crippen LogP contribution in [0.3, 0.4) is 0 Å². The summed E-state index contributed by atoms with van der Waals surface area (Å²) in [5.74, 6) is 1.13. The SMILES string of the molecule is NC(CNC(=O)CCCc1nc(-c2cccs2)no1)c1ccccc1. The van der Waals surface area contributed by atoms with E-state index >= 15 is 0 Å². The molecule has 1 aromatic carbocycles. The van der Waals surface area contributed by atoms with E-state index in [1.165, 1.54) is 0 Å². The van der Waals surface area contributed by atoms with Crippen molar-refractivity contribution >= 4 is 17.2 Å². The Bertz CT molecular complexity index is 787. The maximum absolute atomic E-state index is 11.9. The molecule has 6 nitrogen and oxygen atoms in total. The van der Waals surface area contributed by atoms with Gasteiger partial charge in [0, 0.05) is 25.4 Å². The first kappa shape index (κ1) is 17.3. The first-order valence-corrected chi connectivity index (χ1v) is 9.04. The fraction of sp³-hybridized carbons (Fsp3) is 0.278. The second kappa shape index (κ2) is 8.55. The highest BCUT2D eigenvalue weighted by Crippen LogP contribution is 2.21. The van der Waals surface area contributed by atoms with E-state index in [9.17, 15) is 4.79 Å². The van der Waals surface area contributed by atoms with Crippen LogP contribution in [0.4, 0.5) is 0 Å². The van der Waals surface area contributed by atoms with Gasteiger partial charge in [0.1, 0.15) is 0 Å². The highest BCUT2D eigenvalue weighted by molar-refractivity contribution is 7.13. The van der Waals surface area contributed by atoms with Gasteiger partial charge in [-0.25, -0.2) is 0 Å². The molecule has 0 radical (unpaired) electrons. The fourth-order valence-corrected chi connectivity index (χ4v) is 3.04. The van der Waals surface area contributed by atoms with E-state index in [0.717, 1.165) is 10.4 Å². The third-order valence-electron chi connectivity index (χ3n) is 3.75. The zero-order valence-electron chi connectivity index (χ0n) is 13.7. The summed E-state index contributed by atoms with van der Waals surface area (Å²) in [7, 11) is 0. The molecule has 3 rings (SSSR count). The highest BCUT2D eigenvalue weighted by Gasteiger charge is 2.11. The largest absolute Gasteiger partial charge is 0.354 e. The summed E-state index contributed by atoms with van der Waals surface area (Å²) in [4.78, 5) is 17.2. The summed E-state index contributed by atoms with van der Waals surface area (Å²) >= 11 is 1.56. The van der Waals surface area contributed by atoms with E-state index < -0.39 is 0 Å². The van der Waals surface area contributed by atoms with Crippen LogP contribution < -0.4 is 11.1 Å². The Morgan fingerprint density at radius 3 is 2.84 bits per heavy atom. The molecule has 1 amide bonds. The minimum atomic E-state index is -0.200. The minimum Gasteiger partial charge on any atom is -0.354 e. The molecule has 2 aromatic heterocycles. The van der Waals surface area contributed by atoms with Crippen LogP contribution in [0.5, 0.6) is 0 Å². The molecule has 3 aromatic rings. The summed E-state index contributed by atoms with van der Waals surface area (Å²) in [5, 5.41) is 8.79. The van der Waals surface area contributed by atoms with Crippen LogP contribution in [-0.4, -0.2) is 22.6 Å². The lowest BCUT2D eigenvalue weighted by atomic mass is 10.1. The summed E-state index contributed by atoms with van der Waals surface area (Å²) < 4.78 is 5.22. The van der Waals surface area contributed by atoms with Crippen LogP contribution in [0, 0.1) is 0 Å². The average molecular weight is 356 g/mol. The van der Waals surface area contributed by atoms with Crippen molar-refractivity contribution in [3.05, 3.63) is 59.3 Å². The summed E-state index contributed by atoms with van der Waals surface area (Å²) in [6, 6.07) is 13.4. The number of hydrogen-bond acceptors (Lipinski definition) is 6. The van der Waals surface area contributed by atoms with Crippen LogP contribution in [0.2, 0.25) is 0 Å². The quantitative estimate of drug-likeness (QED) is 0.647. The van der Waals surface area contributed by atoms with E-state index in [-0.39, 0.29) is 11.9 Å². The molecule has 0 spiro atoms. The second-order valence-electron chi connectivity index (χ2n) is 5.66. The number of nitrogens with zero attached hydrogens (tertiary/aromatic N) is 2. The van der Waals surface area contributed by atoms with E-state index in [1.54, 1.807) is 11.3 Å². The molecule has 0 aliphatic heterocycles. The number of nitrogens with one attached hydrogen (secondary N) is 1. The van der Waals surface area contributed by atoms with Gasteiger partial charge < -0.3 is 15.6 Å². The number of aromatic nitrogens is 2. The lowest BCUT2D eigenvalue weighted by molar-refractivity contribution is -0.121. The monoisotopic (exact) mass is 356 g/mol. The summed E-state index contributed by atoms with van der Waals surface area (Å²) in [6.07, 6.45) is 1.63. The number of aryl methyl sites for hydroxylation is 1. The first-order valence-electron chi connectivity index (χ1n) is 8.16. The lowest BCUT2D eigenvalue weighted by Crippen LogP contribution is -2.31. The maximum Gasteiger partial charge on any atom is 0.226 e. The van der Waals surface area contributed by atoms with Gasteiger partial charge in [0.25, 0.3) is 0 Å². The molecule has 0 aliphatic rings. The standard InChI is InChI=1S/C18H20N4O2S/c19-14(13-6-2-1-3-7-13)12-20-16(23)9-4-10-17-21-18(22-24-17)15-8-5-11-25-15/h1-3,5-8,11,14H,4,9-10,12,19H2,(H,20,23). The van der Waals surface area contributed by atoms with Crippen molar-refractivity contribution in [2.75, 3.05) is 6.54 Å². The maximum atomic E-state index is 11.9. The summed E-state index contributed by atoms with van der Waals surface area (Å²) in [6.45, 7) is 0.423. The third kappa shape index (κ3) is 4.98. The molecule has 0 saturated heterocycles. The van der Waals surface area contributed by atoms with Crippen molar-refractivity contribution in [3.8, 4) is 10.7 Å². The van der Waals surface area contributed by atoms with Gasteiger partial charge in [-0.1, -0.05) is 41.6 Å². The first-order chi connectivity index (χ1) is 12.2. The van der Waals surface area contributed by atoms with Crippen LogP contribution in [-0.2, 0) is 11.2 Å². The predicted octanol–water partition coefficient (Wildman–Crippen LogP) is 2.94. The lowest BCUT2D eigenvalue weighted by Gasteiger charge is -2.12. The Morgan fingerprint density at radius 2 is 2.08 bits per heavy atom. The summed E-state index contributed by atoms with van der Waals surface area (Å²) in [5.41, 5.74) is 7.07. The number of carbonyl (C=O) groups excluding carboxylic acids is 1. The number of nitrogens with two attached hydrogens (primary N) is 1. The van der Waals surface area contributed by atoms with Gasteiger partial charge in [-0.3, -0.25) is 4.79 Å². The molecule has 1 unspecified atom stereocenters. The number of benzene rings is 1. The van der Waals surface area contributed by atoms with E-state index in [2.05, 4.69) is 15.5 Å². The Labute approximate surface area is 150 Å². The molecule has 2 heterocycles. The molecule has 0 bridgehead atoms. The smallest absolute Gasteiger partial charge is 0.226 e. The van der Waals surface area contributed by atoms with Gasteiger partial charge in [-0.05, 0) is 23.4 Å². The molecule has 7 heteroatoms. The fourth-order valence-electron chi connectivity index (χ4n) is 2.39. The van der Waals surface area contributed by atoms with E-state index in [4.69, 9.17) is 10.3 Å². The predicted molar refractivity (Wildman–Crippen MR) is 96.9 cm³/mol. The van der Waals surface area contributed by atoms with Crippen molar-refractivity contribution in [1.82, 2.24) is 15.5 Å². The Hall–Kier alpha value is -2.51. The van der Waals surface area contributed by atoms with Crippen LogP contribution in [0.1, 0.15) is 30.3 Å². The number of amides is 1. The molecule has 0 fully saturated rings. The van der Waals surface area contributed by atoms with E-state index in [0.29, 0.717) is 37.5 Å². The minimum absolute atomic E-state index is 0.0237. The van der Waals surface area contributed by atoms with E-state index in [1.807, 2.05) is 47.8 Å². The average Bonchev–Trinajstić information content (AvgIpc) is 3.32. The van der Waals surface area contributed by atoms with Gasteiger partial charge in [0.2, 0.25) is 17.6 Å². The molecule has 130 valence electrons. The van der Waals surface area contributed by atoms with Gasteiger partial charge >= 0.3 is 0 Å². The Kier molecular flexibility index (Phi) is 5.92. The van der Waals surface area contributed by atoms with Crippen LogP contribution >= 0.6 is 11.3 Å². The van der Waals surface area contributed by atoms with Crippen LogP contribution in [0.25, 0.3) is 10.7 Å². The van der Waals surface area contributed by atoms with Crippen LogP contribution in [0.15, 0.2) is 52.4 Å². The van der Waals surface area contributed by atoms with Gasteiger partial charge in [-0.2, -0.15) is 4.98 Å². The highest BCUT2D eigenvalue weighted by atomic mass is 32.1. The zero-order valence-corrected chi connectivity index (χ0v) is 14.5. The third-order valence-corrected chi connectivity index (χ3v) is 4.62. The number of rotatable bonds is 8. The molecule has 3 N–H and O–H groups in total. The van der Waals surface area contributed by atoms with Gasteiger partial charge in [0.05, 0.1) is 4.88 Å². The number of thiophene rings is 1. The normalized spacial score (nSPS) is 12.0. The topological polar surface area (TPSA) is 94.0 Å². The Morgan fingerprint density at radius 1 is 1.24 bits per heavy atom. The van der Waals surface area contributed by atoms with Crippen molar-refractivity contribution in [2.45, 2.75) is 25.3 Å². The zero-order chi connectivity index (χ0) is 17.5. The molecule has 25 heavy (non-hydrogen) atoms. The molecular formula is C18H20N4O2S. The van der Waals surface area contributed by atoms with Crippen molar-refractivity contribution in [3.63, 3.8) is 0 Å². The number of carbonyl (C=O) groups is 1. The Balaban J connectivity index is 1.38. The van der Waals surface area contributed by atoms with Crippen molar-refractivity contribution in [1.29, 1.82) is 0 Å². The number of hydrogen-bond donors (Lipinski definition) is 2. The molecule has 0 saturated carbocycles.